The second-order valence-electron chi connectivity index (χ2n) is 7.20. The van der Waals surface area contributed by atoms with Gasteiger partial charge in [0.25, 0.3) is 5.91 Å². The molecule has 168 valence electrons. The number of anilines is 2. The number of carbonyl (C=O) groups excluding carboxylic acids is 2. The first-order chi connectivity index (χ1) is 15.3. The van der Waals surface area contributed by atoms with Gasteiger partial charge in [0.15, 0.2) is 5.13 Å². The van der Waals surface area contributed by atoms with Crippen molar-refractivity contribution in [2.45, 2.75) is 31.6 Å². The van der Waals surface area contributed by atoms with Crippen molar-refractivity contribution in [1.29, 1.82) is 0 Å². The summed E-state index contributed by atoms with van der Waals surface area (Å²) in [5, 5.41) is 7.37. The van der Waals surface area contributed by atoms with E-state index in [2.05, 4.69) is 15.6 Å². The minimum absolute atomic E-state index is 0.134. The van der Waals surface area contributed by atoms with Gasteiger partial charge in [-0.05, 0) is 43.2 Å². The van der Waals surface area contributed by atoms with Gasteiger partial charge in [-0.2, -0.15) is 13.2 Å². The molecular formula is C21H19F3N4O3S. The van der Waals surface area contributed by atoms with Crippen molar-refractivity contribution in [3.05, 3.63) is 65.1 Å². The van der Waals surface area contributed by atoms with Gasteiger partial charge in [0.1, 0.15) is 17.5 Å². The molecule has 0 radical (unpaired) electrons. The summed E-state index contributed by atoms with van der Waals surface area (Å²) >= 11 is 1.10. The molecule has 2 N–H and O–H groups in total. The molecule has 1 aliphatic heterocycles. The number of halogens is 3. The number of furan rings is 1. The molecule has 0 unspecified atom stereocenters. The molecule has 0 bridgehead atoms. The number of likely N-dealkylation sites (tertiary alicyclic amines) is 1. The van der Waals surface area contributed by atoms with Crippen LogP contribution in [0.4, 0.5) is 24.0 Å². The van der Waals surface area contributed by atoms with Crippen molar-refractivity contribution < 1.29 is 27.2 Å². The van der Waals surface area contributed by atoms with Gasteiger partial charge < -0.3 is 20.0 Å². The lowest BCUT2D eigenvalue weighted by molar-refractivity contribution is -0.137. The van der Waals surface area contributed by atoms with Crippen molar-refractivity contribution >= 4 is 34.0 Å². The first kappa shape index (κ1) is 21.9. The highest BCUT2D eigenvalue weighted by molar-refractivity contribution is 7.14. The Bertz CT molecular complexity index is 1100. The number of amides is 2. The molecular weight excluding hydrogens is 445 g/mol. The molecule has 1 atom stereocenters. The molecule has 2 amide bonds. The van der Waals surface area contributed by atoms with Crippen LogP contribution < -0.4 is 10.6 Å². The van der Waals surface area contributed by atoms with Crippen LogP contribution in [0.3, 0.4) is 0 Å². The zero-order chi connectivity index (χ0) is 22.7. The minimum Gasteiger partial charge on any atom is -0.467 e. The average Bonchev–Trinajstić information content (AvgIpc) is 3.53. The van der Waals surface area contributed by atoms with Gasteiger partial charge in [-0.1, -0.05) is 6.07 Å². The molecule has 0 spiro atoms. The van der Waals surface area contributed by atoms with E-state index < -0.39 is 23.7 Å². The highest BCUT2D eigenvalue weighted by Crippen LogP contribution is 2.32. The zero-order valence-corrected chi connectivity index (χ0v) is 17.5. The van der Waals surface area contributed by atoms with Crippen molar-refractivity contribution in [2.24, 2.45) is 0 Å². The Balaban J connectivity index is 1.41. The van der Waals surface area contributed by atoms with Crippen molar-refractivity contribution in [3.8, 4) is 0 Å². The minimum atomic E-state index is -4.45. The van der Waals surface area contributed by atoms with Crippen molar-refractivity contribution in [2.75, 3.05) is 11.9 Å². The summed E-state index contributed by atoms with van der Waals surface area (Å²) in [5.41, 5.74) is -0.435. The standard InChI is InChI=1S/C21H19F3N4O3S/c22-21(23,24)13-4-1-5-14(10-13)26-20-27-16(12-32-20)19(30)28-8-2-7-17(28)18(29)25-11-15-6-3-9-31-15/h1,3-6,9-10,12,17H,2,7-8,11H2,(H,25,29)(H,26,27)/t17-/m0/s1. The Hall–Kier alpha value is -3.34. The topological polar surface area (TPSA) is 87.5 Å². The zero-order valence-electron chi connectivity index (χ0n) is 16.7. The lowest BCUT2D eigenvalue weighted by Crippen LogP contribution is -2.45. The van der Waals surface area contributed by atoms with E-state index in [1.54, 1.807) is 12.1 Å². The SMILES string of the molecule is O=C(NCc1ccco1)[C@@H]1CCCN1C(=O)c1csc(Nc2cccc(C(F)(F)F)c2)n1. The molecule has 32 heavy (non-hydrogen) atoms. The van der Waals surface area contributed by atoms with E-state index in [1.807, 2.05) is 0 Å². The normalized spacial score (nSPS) is 16.2. The van der Waals surface area contributed by atoms with E-state index in [1.165, 1.54) is 28.7 Å². The molecule has 7 nitrogen and oxygen atoms in total. The van der Waals surface area contributed by atoms with Crippen LogP contribution in [-0.4, -0.2) is 34.3 Å². The fraction of sp³-hybridized carbons (Fsp3) is 0.286. The lowest BCUT2D eigenvalue weighted by Gasteiger charge is -2.23. The molecule has 4 rings (SSSR count). The summed E-state index contributed by atoms with van der Waals surface area (Å²) in [4.78, 5) is 31.2. The van der Waals surface area contributed by atoms with Crippen LogP contribution in [-0.2, 0) is 17.5 Å². The number of nitrogens with zero attached hydrogens (tertiary/aromatic N) is 2. The summed E-state index contributed by atoms with van der Waals surface area (Å²) in [6.45, 7) is 0.651. The maximum absolute atomic E-state index is 12.9. The van der Waals surface area contributed by atoms with Crippen molar-refractivity contribution in [1.82, 2.24) is 15.2 Å². The van der Waals surface area contributed by atoms with Crippen LogP contribution in [0.1, 0.15) is 34.7 Å². The largest absolute Gasteiger partial charge is 0.467 e. The Morgan fingerprint density at radius 1 is 1.25 bits per heavy atom. The van der Waals surface area contributed by atoms with Gasteiger partial charge in [-0.15, -0.1) is 11.3 Å². The Labute approximate surface area is 185 Å². The number of hydrogen-bond acceptors (Lipinski definition) is 6. The van der Waals surface area contributed by atoms with Gasteiger partial charge >= 0.3 is 6.18 Å². The van der Waals surface area contributed by atoms with Crippen LogP contribution in [0.25, 0.3) is 0 Å². The van der Waals surface area contributed by atoms with Crippen LogP contribution >= 0.6 is 11.3 Å². The maximum Gasteiger partial charge on any atom is 0.416 e. The third kappa shape index (κ3) is 4.93. The molecule has 3 aromatic rings. The summed E-state index contributed by atoms with van der Waals surface area (Å²) in [7, 11) is 0. The Kier molecular flexibility index (Phi) is 6.17. The predicted molar refractivity (Wildman–Crippen MR) is 111 cm³/mol. The number of nitrogens with one attached hydrogen (secondary N) is 2. The second kappa shape index (κ2) is 9.03. The molecule has 11 heteroatoms. The molecule has 0 saturated carbocycles. The molecule has 1 fully saturated rings. The Morgan fingerprint density at radius 3 is 2.84 bits per heavy atom. The fourth-order valence-corrected chi connectivity index (χ4v) is 4.17. The molecule has 3 heterocycles. The highest BCUT2D eigenvalue weighted by Gasteiger charge is 2.35. The number of hydrogen-bond donors (Lipinski definition) is 2. The van der Waals surface area contributed by atoms with Crippen LogP contribution in [0, 0.1) is 0 Å². The summed E-state index contributed by atoms with van der Waals surface area (Å²) < 4.78 is 43.9. The van der Waals surface area contributed by atoms with E-state index in [4.69, 9.17) is 4.42 Å². The summed E-state index contributed by atoms with van der Waals surface area (Å²) in [5.74, 6) is -0.0576. The van der Waals surface area contributed by atoms with E-state index >= 15 is 0 Å². The van der Waals surface area contributed by atoms with Gasteiger partial charge in [-0.3, -0.25) is 9.59 Å². The Morgan fingerprint density at radius 2 is 2.09 bits per heavy atom. The summed E-state index contributed by atoms with van der Waals surface area (Å²) in [6.07, 6.45) is -1.72. The number of benzene rings is 1. The van der Waals surface area contributed by atoms with E-state index in [0.717, 1.165) is 23.5 Å². The maximum atomic E-state index is 12.9. The van der Waals surface area contributed by atoms with E-state index in [9.17, 15) is 22.8 Å². The lowest BCUT2D eigenvalue weighted by atomic mass is 10.2. The van der Waals surface area contributed by atoms with E-state index in [-0.39, 0.29) is 29.0 Å². The third-order valence-corrected chi connectivity index (χ3v) is 5.76. The highest BCUT2D eigenvalue weighted by atomic mass is 32.1. The average molecular weight is 464 g/mol. The van der Waals surface area contributed by atoms with Crippen molar-refractivity contribution in [3.63, 3.8) is 0 Å². The molecule has 1 aliphatic rings. The number of thiazole rings is 1. The molecule has 1 saturated heterocycles. The van der Waals surface area contributed by atoms with Crippen LogP contribution in [0.15, 0.2) is 52.5 Å². The van der Waals surface area contributed by atoms with Gasteiger partial charge in [0, 0.05) is 17.6 Å². The van der Waals surface area contributed by atoms with Crippen LogP contribution in [0.5, 0.6) is 0 Å². The van der Waals surface area contributed by atoms with Gasteiger partial charge in [0.05, 0.1) is 18.4 Å². The number of aromatic nitrogens is 1. The van der Waals surface area contributed by atoms with Crippen LogP contribution in [0.2, 0.25) is 0 Å². The predicted octanol–water partition coefficient (Wildman–Crippen LogP) is 4.42. The third-order valence-electron chi connectivity index (χ3n) is 5.00. The monoisotopic (exact) mass is 464 g/mol. The van der Waals surface area contributed by atoms with Gasteiger partial charge in [0.2, 0.25) is 5.91 Å². The molecule has 1 aromatic carbocycles. The fourth-order valence-electron chi connectivity index (χ4n) is 3.46. The quantitative estimate of drug-likeness (QED) is 0.564. The number of alkyl halides is 3. The second-order valence-corrected chi connectivity index (χ2v) is 8.05. The smallest absolute Gasteiger partial charge is 0.416 e. The number of rotatable bonds is 6. The molecule has 2 aromatic heterocycles. The van der Waals surface area contributed by atoms with Gasteiger partial charge in [-0.25, -0.2) is 4.98 Å². The molecule has 0 aliphatic carbocycles. The van der Waals surface area contributed by atoms with E-state index in [0.29, 0.717) is 25.1 Å². The first-order valence-electron chi connectivity index (χ1n) is 9.82. The summed E-state index contributed by atoms with van der Waals surface area (Å²) in [6, 6.07) is 7.58. The first-order valence-corrected chi connectivity index (χ1v) is 10.7. The number of carbonyl (C=O) groups is 2.